The second-order valence-corrected chi connectivity index (χ2v) is 9.08. The van der Waals surface area contributed by atoms with Crippen LogP contribution in [-0.2, 0) is 39.9 Å². The van der Waals surface area contributed by atoms with Crippen molar-refractivity contribution in [3.05, 3.63) is 47.0 Å². The number of hydrogen-bond donors (Lipinski definition) is 0. The van der Waals surface area contributed by atoms with Crippen LogP contribution < -0.4 is 0 Å². The third-order valence-electron chi connectivity index (χ3n) is 6.99. The molecule has 0 spiro atoms. The molecule has 33 heavy (non-hydrogen) atoms. The van der Waals surface area contributed by atoms with Crippen molar-refractivity contribution in [2.75, 3.05) is 26.8 Å². The quantitative estimate of drug-likeness (QED) is 0.357. The van der Waals surface area contributed by atoms with E-state index in [0.29, 0.717) is 12.2 Å². The van der Waals surface area contributed by atoms with Crippen molar-refractivity contribution in [3.8, 4) is 0 Å². The SMILES string of the molecule is COC(=O)C1OC2C(C(C(=O)OCc3ccccc3)=C(C)C)C(=O)N2C1C1CN2CCOC12. The Morgan fingerprint density at radius 3 is 2.58 bits per heavy atom. The molecule has 0 saturated carbocycles. The van der Waals surface area contributed by atoms with E-state index in [4.69, 9.17) is 18.9 Å². The minimum Gasteiger partial charge on any atom is -0.467 e. The molecule has 4 saturated heterocycles. The molecule has 0 N–H and O–H groups in total. The van der Waals surface area contributed by atoms with Crippen LogP contribution in [-0.4, -0.2) is 79.1 Å². The normalized spacial score (nSPS) is 32.3. The van der Waals surface area contributed by atoms with Crippen LogP contribution in [0.25, 0.3) is 0 Å². The van der Waals surface area contributed by atoms with Crippen LogP contribution in [0, 0.1) is 11.8 Å². The maximum absolute atomic E-state index is 13.4. The zero-order valence-corrected chi connectivity index (χ0v) is 18.9. The average molecular weight is 456 g/mol. The van der Waals surface area contributed by atoms with Crippen LogP contribution in [0.2, 0.25) is 0 Å². The van der Waals surface area contributed by atoms with Gasteiger partial charge in [0.15, 0.2) is 6.10 Å². The Labute approximate surface area is 192 Å². The second-order valence-electron chi connectivity index (χ2n) is 9.08. The minimum absolute atomic E-state index is 0.0494. The number of carbonyl (C=O) groups excluding carboxylic acids is 3. The fourth-order valence-corrected chi connectivity index (χ4v) is 5.39. The Balaban J connectivity index is 1.35. The molecular formula is C24H28N2O7. The predicted molar refractivity (Wildman–Crippen MR) is 114 cm³/mol. The highest BCUT2D eigenvalue weighted by Crippen LogP contribution is 2.48. The summed E-state index contributed by atoms with van der Waals surface area (Å²) in [5.41, 5.74) is 1.82. The van der Waals surface area contributed by atoms with E-state index in [2.05, 4.69) is 4.90 Å². The number of allylic oxidation sites excluding steroid dienone is 1. The first kappa shape index (κ1) is 22.1. The Morgan fingerprint density at radius 2 is 1.91 bits per heavy atom. The summed E-state index contributed by atoms with van der Waals surface area (Å²) in [6, 6.07) is 8.87. The monoisotopic (exact) mass is 456 g/mol. The van der Waals surface area contributed by atoms with E-state index in [0.717, 1.165) is 18.7 Å². The van der Waals surface area contributed by atoms with E-state index in [9.17, 15) is 14.4 Å². The Morgan fingerprint density at radius 1 is 1.15 bits per heavy atom. The highest BCUT2D eigenvalue weighted by Gasteiger charge is 2.67. The van der Waals surface area contributed by atoms with Gasteiger partial charge in [0.1, 0.15) is 25.0 Å². The minimum atomic E-state index is -0.913. The van der Waals surface area contributed by atoms with E-state index < -0.39 is 36.2 Å². The lowest BCUT2D eigenvalue weighted by atomic mass is 9.80. The van der Waals surface area contributed by atoms with Gasteiger partial charge in [0.2, 0.25) is 5.91 Å². The summed E-state index contributed by atoms with van der Waals surface area (Å²) in [6.45, 7) is 5.85. The zero-order chi connectivity index (χ0) is 23.3. The molecular weight excluding hydrogens is 428 g/mol. The number of methoxy groups -OCH3 is 1. The fraction of sp³-hybridized carbons (Fsp3) is 0.542. The number of rotatable bonds is 6. The lowest BCUT2D eigenvalue weighted by Gasteiger charge is -2.51. The van der Waals surface area contributed by atoms with E-state index in [1.165, 1.54) is 7.11 Å². The van der Waals surface area contributed by atoms with Crippen LogP contribution in [0.3, 0.4) is 0 Å². The Kier molecular flexibility index (Phi) is 5.72. The van der Waals surface area contributed by atoms with Crippen LogP contribution in [0.5, 0.6) is 0 Å². The van der Waals surface area contributed by atoms with Crippen molar-refractivity contribution in [1.82, 2.24) is 9.80 Å². The number of esters is 2. The van der Waals surface area contributed by atoms with E-state index >= 15 is 0 Å². The van der Waals surface area contributed by atoms with Gasteiger partial charge in [-0.1, -0.05) is 35.9 Å². The van der Waals surface area contributed by atoms with Gasteiger partial charge in [-0.3, -0.25) is 9.69 Å². The number of carbonyl (C=O) groups is 3. The number of β-lactam (4-membered cyclic amide) rings is 1. The molecule has 9 nitrogen and oxygen atoms in total. The van der Waals surface area contributed by atoms with Crippen LogP contribution in [0.1, 0.15) is 19.4 Å². The molecule has 0 radical (unpaired) electrons. The molecule has 1 aromatic carbocycles. The summed E-state index contributed by atoms with van der Waals surface area (Å²) in [7, 11) is 1.30. The van der Waals surface area contributed by atoms with Gasteiger partial charge >= 0.3 is 11.9 Å². The fourth-order valence-electron chi connectivity index (χ4n) is 5.39. The van der Waals surface area contributed by atoms with Crippen molar-refractivity contribution in [3.63, 3.8) is 0 Å². The maximum atomic E-state index is 13.4. The third-order valence-corrected chi connectivity index (χ3v) is 6.99. The largest absolute Gasteiger partial charge is 0.467 e. The van der Waals surface area contributed by atoms with Gasteiger partial charge in [-0.25, -0.2) is 9.59 Å². The van der Waals surface area contributed by atoms with E-state index in [-0.39, 0.29) is 30.2 Å². The van der Waals surface area contributed by atoms with Crippen molar-refractivity contribution in [2.45, 2.75) is 45.1 Å². The van der Waals surface area contributed by atoms with Gasteiger partial charge in [0, 0.05) is 19.0 Å². The molecule has 176 valence electrons. The lowest BCUT2D eigenvalue weighted by molar-refractivity contribution is -0.180. The van der Waals surface area contributed by atoms with Gasteiger partial charge in [-0.15, -0.1) is 0 Å². The summed E-state index contributed by atoms with van der Waals surface area (Å²) < 4.78 is 22.4. The third kappa shape index (κ3) is 3.55. The summed E-state index contributed by atoms with van der Waals surface area (Å²) >= 11 is 0. The molecule has 4 aliphatic rings. The zero-order valence-electron chi connectivity index (χ0n) is 18.9. The standard InChI is InChI=1S/C24H28N2O7/c1-13(2)16(23(28)32-12-14-7-5-4-6-8-14)17-20(27)26-18(15-11-25-9-10-31-21(15)25)19(24(29)30-3)33-22(17)26/h4-8,15,17-19,21-22H,9-12H2,1-3H3. The molecule has 0 bridgehead atoms. The number of ether oxygens (including phenoxy) is 4. The van der Waals surface area contributed by atoms with Crippen molar-refractivity contribution in [2.24, 2.45) is 11.8 Å². The molecule has 0 aliphatic carbocycles. The molecule has 0 aromatic heterocycles. The Bertz CT molecular complexity index is 990. The molecule has 4 heterocycles. The first-order valence-corrected chi connectivity index (χ1v) is 11.2. The number of nitrogens with zero attached hydrogens (tertiary/aromatic N) is 2. The van der Waals surface area contributed by atoms with Crippen LogP contribution in [0.4, 0.5) is 0 Å². The van der Waals surface area contributed by atoms with Crippen molar-refractivity contribution in [1.29, 1.82) is 0 Å². The predicted octanol–water partition coefficient (Wildman–Crippen LogP) is 1.08. The van der Waals surface area contributed by atoms with Crippen LogP contribution in [0.15, 0.2) is 41.5 Å². The molecule has 9 heteroatoms. The number of hydrogen-bond acceptors (Lipinski definition) is 8. The maximum Gasteiger partial charge on any atom is 0.337 e. The molecule has 6 atom stereocenters. The average Bonchev–Trinajstić information content (AvgIpc) is 3.34. The molecule has 1 aromatic rings. The number of amides is 1. The second kappa shape index (κ2) is 8.55. The van der Waals surface area contributed by atoms with E-state index in [1.54, 1.807) is 18.7 Å². The molecule has 1 amide bonds. The van der Waals surface area contributed by atoms with Crippen molar-refractivity contribution >= 4 is 17.8 Å². The molecule has 5 rings (SSSR count). The molecule has 6 unspecified atom stereocenters. The highest BCUT2D eigenvalue weighted by atomic mass is 16.6. The van der Waals surface area contributed by atoms with Gasteiger partial charge in [-0.2, -0.15) is 0 Å². The van der Waals surface area contributed by atoms with Gasteiger partial charge in [0.25, 0.3) is 0 Å². The summed E-state index contributed by atoms with van der Waals surface area (Å²) in [6.07, 6.45) is -1.75. The summed E-state index contributed by atoms with van der Waals surface area (Å²) in [5, 5.41) is 0. The van der Waals surface area contributed by atoms with Crippen LogP contribution >= 0.6 is 0 Å². The summed E-state index contributed by atoms with van der Waals surface area (Å²) in [4.78, 5) is 42.7. The first-order valence-electron chi connectivity index (χ1n) is 11.2. The molecule has 4 fully saturated rings. The van der Waals surface area contributed by atoms with Gasteiger partial charge in [0.05, 0.1) is 25.3 Å². The van der Waals surface area contributed by atoms with Gasteiger partial charge < -0.3 is 23.8 Å². The summed E-state index contributed by atoms with van der Waals surface area (Å²) in [5.74, 6) is -2.17. The molecule has 4 aliphatic heterocycles. The smallest absolute Gasteiger partial charge is 0.337 e. The Hall–Kier alpha value is -2.75. The van der Waals surface area contributed by atoms with E-state index in [1.807, 2.05) is 30.3 Å². The van der Waals surface area contributed by atoms with Crippen molar-refractivity contribution < 1.29 is 33.3 Å². The van der Waals surface area contributed by atoms with Gasteiger partial charge in [-0.05, 0) is 19.4 Å². The first-order chi connectivity index (χ1) is 15.9. The number of benzene rings is 1. The number of fused-ring (bicyclic) bond motifs is 2. The topological polar surface area (TPSA) is 94.6 Å². The lowest BCUT2D eigenvalue weighted by Crippen LogP contribution is -2.69. The highest BCUT2D eigenvalue weighted by molar-refractivity contribution is 6.01.